The number of anilines is 1. The Morgan fingerprint density at radius 2 is 1.86 bits per heavy atom. The topological polar surface area (TPSA) is 34.6 Å². The Hall–Kier alpha value is -1.36. The van der Waals surface area contributed by atoms with Gasteiger partial charge in [-0.05, 0) is 12.1 Å². The van der Waals surface area contributed by atoms with Crippen molar-refractivity contribution < 1.29 is 9.47 Å². The lowest BCUT2D eigenvalue weighted by Gasteiger charge is -2.21. The van der Waals surface area contributed by atoms with Gasteiger partial charge in [-0.1, -0.05) is 18.2 Å². The summed E-state index contributed by atoms with van der Waals surface area (Å²) in [6.07, 6.45) is 0.169. The highest BCUT2D eigenvalue weighted by Gasteiger charge is 2.33. The number of hydrogen-bond acceptors (Lipinski definition) is 4. The number of benzene rings is 1. The van der Waals surface area contributed by atoms with Crippen molar-refractivity contribution in [3.63, 3.8) is 0 Å². The van der Waals surface area contributed by atoms with E-state index in [9.17, 15) is 0 Å². The second-order valence-corrected chi connectivity index (χ2v) is 5.50. The summed E-state index contributed by atoms with van der Waals surface area (Å²) in [5.74, 6) is 0.410. The number of nitrogens with zero attached hydrogens (tertiary/aromatic N) is 2. The third-order valence-corrected chi connectivity index (χ3v) is 4.32. The number of aromatic nitrogens is 1. The van der Waals surface area contributed by atoms with E-state index in [0.717, 1.165) is 35.4 Å². The van der Waals surface area contributed by atoms with Crippen molar-refractivity contribution >= 4 is 28.2 Å². The van der Waals surface area contributed by atoms with Gasteiger partial charge >= 0.3 is 0 Å². The zero-order valence-electron chi connectivity index (χ0n) is 12.3. The molecule has 1 aliphatic rings. The molecule has 1 aromatic carbocycles. The normalized spacial score (nSPS) is 22.1. The molecule has 0 saturated carbocycles. The molecule has 5 heteroatoms. The summed E-state index contributed by atoms with van der Waals surface area (Å²) in [7, 11) is 3.46. The van der Waals surface area contributed by atoms with Crippen LogP contribution in [0.2, 0.25) is 0 Å². The van der Waals surface area contributed by atoms with Crippen molar-refractivity contribution in [3.05, 3.63) is 36.0 Å². The van der Waals surface area contributed by atoms with Crippen molar-refractivity contribution in [2.75, 3.05) is 32.2 Å². The minimum Gasteiger partial charge on any atom is -0.377 e. The molecule has 3 rings (SSSR count). The molecule has 0 N–H and O–H groups in total. The largest absolute Gasteiger partial charge is 0.377 e. The van der Waals surface area contributed by atoms with Crippen LogP contribution in [-0.4, -0.2) is 44.5 Å². The van der Waals surface area contributed by atoms with Crippen molar-refractivity contribution in [2.45, 2.75) is 18.1 Å². The van der Waals surface area contributed by atoms with Crippen LogP contribution in [0.3, 0.4) is 0 Å². The van der Waals surface area contributed by atoms with Crippen LogP contribution >= 0.6 is 11.6 Å². The SMILES string of the molecule is COC1CN(c2cc(CCl)nc3ccccc23)CC1OC. The average Bonchev–Trinajstić information content (AvgIpc) is 2.96. The van der Waals surface area contributed by atoms with E-state index in [1.807, 2.05) is 18.2 Å². The van der Waals surface area contributed by atoms with E-state index in [2.05, 4.69) is 22.0 Å². The Morgan fingerprint density at radius 3 is 2.48 bits per heavy atom. The van der Waals surface area contributed by atoms with Crippen LogP contribution in [0.15, 0.2) is 30.3 Å². The number of ether oxygens (including phenoxy) is 2. The van der Waals surface area contributed by atoms with Crippen LogP contribution in [0.25, 0.3) is 10.9 Å². The maximum Gasteiger partial charge on any atom is 0.102 e. The zero-order valence-corrected chi connectivity index (χ0v) is 13.0. The minimum absolute atomic E-state index is 0.0846. The fraction of sp³-hybridized carbons (Fsp3) is 0.438. The first-order chi connectivity index (χ1) is 10.3. The van der Waals surface area contributed by atoms with Crippen LogP contribution in [0, 0.1) is 0 Å². The monoisotopic (exact) mass is 306 g/mol. The van der Waals surface area contributed by atoms with Gasteiger partial charge in [0.1, 0.15) is 12.2 Å². The fourth-order valence-electron chi connectivity index (χ4n) is 2.93. The van der Waals surface area contributed by atoms with Gasteiger partial charge in [0, 0.05) is 38.4 Å². The van der Waals surface area contributed by atoms with Gasteiger partial charge in [-0.2, -0.15) is 0 Å². The van der Waals surface area contributed by atoms with Crippen molar-refractivity contribution in [2.24, 2.45) is 0 Å². The first-order valence-corrected chi connectivity index (χ1v) is 7.55. The predicted octanol–water partition coefficient (Wildman–Crippen LogP) is 2.82. The third kappa shape index (κ3) is 2.71. The summed E-state index contributed by atoms with van der Waals surface area (Å²) in [5, 5.41) is 1.14. The molecule has 1 saturated heterocycles. The van der Waals surface area contributed by atoms with Crippen molar-refractivity contribution in [1.29, 1.82) is 0 Å². The highest BCUT2D eigenvalue weighted by molar-refractivity contribution is 6.17. The lowest BCUT2D eigenvalue weighted by atomic mass is 10.1. The maximum atomic E-state index is 5.99. The molecule has 0 aliphatic carbocycles. The van der Waals surface area contributed by atoms with Gasteiger partial charge in [0.25, 0.3) is 0 Å². The van der Waals surface area contributed by atoms with Gasteiger partial charge in [0.2, 0.25) is 0 Å². The summed E-state index contributed by atoms with van der Waals surface area (Å²) in [6.45, 7) is 1.62. The van der Waals surface area contributed by atoms with Gasteiger partial charge in [0.15, 0.2) is 0 Å². The number of alkyl halides is 1. The molecule has 2 atom stereocenters. The minimum atomic E-state index is 0.0846. The van der Waals surface area contributed by atoms with Gasteiger partial charge in [-0.3, -0.25) is 4.98 Å². The second-order valence-electron chi connectivity index (χ2n) is 5.24. The van der Waals surface area contributed by atoms with E-state index in [0.29, 0.717) is 5.88 Å². The molecule has 0 radical (unpaired) electrons. The summed E-state index contributed by atoms with van der Waals surface area (Å²) in [6, 6.07) is 10.2. The summed E-state index contributed by atoms with van der Waals surface area (Å²) < 4.78 is 11.1. The van der Waals surface area contributed by atoms with E-state index in [1.165, 1.54) is 0 Å². The highest BCUT2D eigenvalue weighted by Crippen LogP contribution is 2.31. The van der Waals surface area contributed by atoms with Crippen LogP contribution in [-0.2, 0) is 15.4 Å². The summed E-state index contributed by atoms with van der Waals surface area (Å²) >= 11 is 5.99. The Balaban J connectivity index is 2.03. The fourth-order valence-corrected chi connectivity index (χ4v) is 3.07. The maximum absolute atomic E-state index is 5.99. The molecule has 0 bridgehead atoms. The molecule has 2 unspecified atom stereocenters. The number of hydrogen-bond donors (Lipinski definition) is 0. The molecule has 1 aromatic heterocycles. The molecule has 1 aliphatic heterocycles. The van der Waals surface area contributed by atoms with Gasteiger partial charge in [-0.15, -0.1) is 11.6 Å². The standard InChI is InChI=1S/C16H19ClN2O2/c1-20-15-9-19(10-16(15)21-2)14-7-11(8-17)18-13-6-4-3-5-12(13)14/h3-7,15-16H,8-10H2,1-2H3. The molecular formula is C16H19ClN2O2. The number of methoxy groups -OCH3 is 2. The molecule has 0 spiro atoms. The van der Waals surface area contributed by atoms with Gasteiger partial charge in [0.05, 0.1) is 17.1 Å². The van der Waals surface area contributed by atoms with E-state index in [4.69, 9.17) is 21.1 Å². The molecule has 1 fully saturated rings. The molecule has 2 aromatic rings. The molecule has 21 heavy (non-hydrogen) atoms. The second kappa shape index (κ2) is 6.18. The predicted molar refractivity (Wildman–Crippen MR) is 85.1 cm³/mol. The molecule has 0 amide bonds. The summed E-state index contributed by atoms with van der Waals surface area (Å²) in [4.78, 5) is 6.88. The van der Waals surface area contributed by atoms with E-state index in [-0.39, 0.29) is 12.2 Å². The summed E-state index contributed by atoms with van der Waals surface area (Å²) in [5.41, 5.74) is 3.01. The van der Waals surface area contributed by atoms with E-state index >= 15 is 0 Å². The lowest BCUT2D eigenvalue weighted by Crippen LogP contribution is -2.27. The number of fused-ring (bicyclic) bond motifs is 1. The first kappa shape index (κ1) is 14.6. The van der Waals surface area contributed by atoms with Crippen LogP contribution in [0.4, 0.5) is 5.69 Å². The average molecular weight is 307 g/mol. The van der Waals surface area contributed by atoms with Crippen LogP contribution < -0.4 is 4.90 Å². The lowest BCUT2D eigenvalue weighted by molar-refractivity contribution is -0.00461. The molecule has 112 valence electrons. The first-order valence-electron chi connectivity index (χ1n) is 7.02. The Morgan fingerprint density at radius 1 is 1.19 bits per heavy atom. The van der Waals surface area contributed by atoms with Crippen molar-refractivity contribution in [3.8, 4) is 0 Å². The number of rotatable bonds is 4. The van der Waals surface area contributed by atoms with Gasteiger partial charge in [-0.25, -0.2) is 0 Å². The number of halogens is 1. The van der Waals surface area contributed by atoms with Gasteiger partial charge < -0.3 is 14.4 Å². The quantitative estimate of drug-likeness (QED) is 0.814. The van der Waals surface area contributed by atoms with E-state index < -0.39 is 0 Å². The van der Waals surface area contributed by atoms with E-state index in [1.54, 1.807) is 14.2 Å². The van der Waals surface area contributed by atoms with Crippen molar-refractivity contribution in [1.82, 2.24) is 4.98 Å². The third-order valence-electron chi connectivity index (χ3n) is 4.05. The Kier molecular flexibility index (Phi) is 4.29. The Labute approximate surface area is 129 Å². The highest BCUT2D eigenvalue weighted by atomic mass is 35.5. The molecule has 2 heterocycles. The number of para-hydroxylation sites is 1. The Bertz CT molecular complexity index is 623. The smallest absolute Gasteiger partial charge is 0.102 e. The van der Waals surface area contributed by atoms with Crippen LogP contribution in [0.1, 0.15) is 5.69 Å². The number of pyridine rings is 1. The zero-order chi connectivity index (χ0) is 14.8. The van der Waals surface area contributed by atoms with Crippen LogP contribution in [0.5, 0.6) is 0 Å². The molecule has 4 nitrogen and oxygen atoms in total. The molecular weight excluding hydrogens is 288 g/mol.